The number of aliphatic imine (C=N–C) groups is 1. The largest absolute Gasteiger partial charge is 0.373 e. The van der Waals surface area contributed by atoms with Gasteiger partial charge in [0.1, 0.15) is 0 Å². The normalized spacial score (nSPS) is 22.2. The summed E-state index contributed by atoms with van der Waals surface area (Å²) in [5.74, 6) is 1.34. The summed E-state index contributed by atoms with van der Waals surface area (Å²) in [5, 5.41) is 6.69. The van der Waals surface area contributed by atoms with Gasteiger partial charge in [-0.25, -0.2) is 0 Å². The number of benzene rings is 1. The van der Waals surface area contributed by atoms with Crippen LogP contribution in [-0.2, 0) is 4.74 Å². The third-order valence-corrected chi connectivity index (χ3v) is 4.10. The molecule has 1 fully saturated rings. The molecular weight excluding hydrogens is 286 g/mol. The number of guanidine groups is 1. The summed E-state index contributed by atoms with van der Waals surface area (Å²) in [7, 11) is 0. The number of ether oxygens (including phenoxy) is 1. The molecule has 1 aliphatic heterocycles. The minimum atomic E-state index is 0.162. The van der Waals surface area contributed by atoms with Gasteiger partial charge in [-0.2, -0.15) is 0 Å². The van der Waals surface area contributed by atoms with Crippen molar-refractivity contribution in [1.82, 2.24) is 10.6 Å². The van der Waals surface area contributed by atoms with E-state index in [1.165, 1.54) is 17.5 Å². The van der Waals surface area contributed by atoms with Crippen molar-refractivity contribution in [3.05, 3.63) is 35.4 Å². The second kappa shape index (κ2) is 8.92. The Morgan fingerprint density at radius 3 is 2.70 bits per heavy atom. The molecule has 0 bridgehead atoms. The van der Waals surface area contributed by atoms with Crippen LogP contribution in [0.1, 0.15) is 50.8 Å². The van der Waals surface area contributed by atoms with Gasteiger partial charge in [0.15, 0.2) is 5.96 Å². The van der Waals surface area contributed by atoms with Crippen molar-refractivity contribution < 1.29 is 4.74 Å². The molecule has 1 heterocycles. The molecule has 128 valence electrons. The van der Waals surface area contributed by atoms with Crippen molar-refractivity contribution in [3.63, 3.8) is 0 Å². The molecule has 0 amide bonds. The molecule has 2 rings (SSSR count). The van der Waals surface area contributed by atoms with Gasteiger partial charge in [-0.3, -0.25) is 4.99 Å². The van der Waals surface area contributed by atoms with Gasteiger partial charge >= 0.3 is 0 Å². The number of hydrogen-bond acceptors (Lipinski definition) is 2. The van der Waals surface area contributed by atoms with Gasteiger partial charge in [0.25, 0.3) is 0 Å². The molecule has 0 spiro atoms. The molecule has 0 aliphatic carbocycles. The van der Waals surface area contributed by atoms with Gasteiger partial charge in [0.2, 0.25) is 0 Å². The Morgan fingerprint density at radius 2 is 2.04 bits per heavy atom. The average molecular weight is 317 g/mol. The van der Waals surface area contributed by atoms with Crippen LogP contribution in [0.5, 0.6) is 0 Å². The second-order valence-electron chi connectivity index (χ2n) is 6.62. The van der Waals surface area contributed by atoms with Crippen LogP contribution in [0.3, 0.4) is 0 Å². The molecule has 2 N–H and O–H groups in total. The van der Waals surface area contributed by atoms with Crippen LogP contribution in [0, 0.1) is 12.8 Å². The van der Waals surface area contributed by atoms with Crippen molar-refractivity contribution >= 4 is 5.96 Å². The van der Waals surface area contributed by atoms with E-state index in [9.17, 15) is 0 Å². The van der Waals surface area contributed by atoms with E-state index in [-0.39, 0.29) is 6.10 Å². The summed E-state index contributed by atoms with van der Waals surface area (Å²) >= 11 is 0. The Labute approximate surface area is 140 Å². The minimum Gasteiger partial charge on any atom is -0.373 e. The van der Waals surface area contributed by atoms with Crippen LogP contribution in [0.4, 0.5) is 0 Å². The van der Waals surface area contributed by atoms with Crippen LogP contribution < -0.4 is 10.6 Å². The Kier molecular flexibility index (Phi) is 6.90. The molecule has 0 radical (unpaired) electrons. The molecule has 4 nitrogen and oxygen atoms in total. The molecule has 0 aromatic heterocycles. The van der Waals surface area contributed by atoms with Crippen molar-refractivity contribution in [2.75, 3.05) is 19.7 Å². The Hall–Kier alpha value is -1.55. The number of nitrogens with one attached hydrogen (secondary N) is 2. The van der Waals surface area contributed by atoms with E-state index < -0.39 is 0 Å². The van der Waals surface area contributed by atoms with Crippen LogP contribution in [-0.4, -0.2) is 31.7 Å². The first-order valence-electron chi connectivity index (χ1n) is 8.83. The van der Waals surface area contributed by atoms with Crippen molar-refractivity contribution in [2.24, 2.45) is 10.9 Å². The smallest absolute Gasteiger partial charge is 0.191 e. The highest BCUT2D eigenvalue weighted by Gasteiger charge is 2.27. The lowest BCUT2D eigenvalue weighted by atomic mass is 9.89. The maximum atomic E-state index is 6.08. The molecule has 1 aromatic carbocycles. The fraction of sp³-hybridized carbons (Fsp3) is 0.632. The molecule has 4 heteroatoms. The van der Waals surface area contributed by atoms with Crippen LogP contribution in [0.15, 0.2) is 29.3 Å². The number of rotatable bonds is 5. The Bertz CT molecular complexity index is 496. The van der Waals surface area contributed by atoms with E-state index in [4.69, 9.17) is 9.73 Å². The summed E-state index contributed by atoms with van der Waals surface area (Å²) in [6.45, 7) is 11.0. The summed E-state index contributed by atoms with van der Waals surface area (Å²) in [6.07, 6.45) is 2.45. The SMILES string of the molecule is CCNC(=NCC1CCCOC1c1ccc(C)cc1)NC(C)C. The van der Waals surface area contributed by atoms with Crippen LogP contribution in [0.25, 0.3) is 0 Å². The zero-order valence-electron chi connectivity index (χ0n) is 14.9. The first kappa shape index (κ1) is 17.8. The number of hydrogen-bond donors (Lipinski definition) is 2. The lowest BCUT2D eigenvalue weighted by molar-refractivity contribution is -0.0250. The Balaban J connectivity index is 2.06. The molecule has 0 saturated carbocycles. The van der Waals surface area contributed by atoms with E-state index in [0.29, 0.717) is 12.0 Å². The lowest BCUT2D eigenvalue weighted by Crippen LogP contribution is -2.41. The number of nitrogens with zero attached hydrogens (tertiary/aromatic N) is 1. The zero-order chi connectivity index (χ0) is 16.7. The summed E-state index contributed by atoms with van der Waals surface area (Å²) in [4.78, 5) is 4.79. The van der Waals surface area contributed by atoms with Crippen molar-refractivity contribution in [2.45, 2.75) is 52.7 Å². The van der Waals surface area contributed by atoms with Gasteiger partial charge in [-0.1, -0.05) is 29.8 Å². The highest BCUT2D eigenvalue weighted by Crippen LogP contribution is 2.33. The van der Waals surface area contributed by atoms with Gasteiger partial charge in [-0.15, -0.1) is 0 Å². The summed E-state index contributed by atoms with van der Waals surface area (Å²) < 4.78 is 6.08. The fourth-order valence-corrected chi connectivity index (χ4v) is 2.96. The summed E-state index contributed by atoms with van der Waals surface area (Å²) in [6, 6.07) is 9.10. The second-order valence-corrected chi connectivity index (χ2v) is 6.62. The minimum absolute atomic E-state index is 0.162. The fourth-order valence-electron chi connectivity index (χ4n) is 2.96. The standard InChI is InChI=1S/C19H31N3O/c1-5-20-19(22-14(2)3)21-13-17-7-6-12-23-18(17)16-10-8-15(4)9-11-16/h8-11,14,17-18H,5-7,12-13H2,1-4H3,(H2,20,21,22). The third kappa shape index (κ3) is 5.54. The number of aryl methyl sites for hydroxylation is 1. The first-order valence-corrected chi connectivity index (χ1v) is 8.83. The zero-order valence-corrected chi connectivity index (χ0v) is 14.9. The molecule has 1 aliphatic rings. The van der Waals surface area contributed by atoms with Crippen molar-refractivity contribution in [1.29, 1.82) is 0 Å². The Morgan fingerprint density at radius 1 is 1.30 bits per heavy atom. The predicted molar refractivity (Wildman–Crippen MR) is 96.8 cm³/mol. The maximum Gasteiger partial charge on any atom is 0.191 e. The van der Waals surface area contributed by atoms with E-state index in [1.807, 2.05) is 0 Å². The van der Waals surface area contributed by atoms with E-state index >= 15 is 0 Å². The van der Waals surface area contributed by atoms with Crippen molar-refractivity contribution in [3.8, 4) is 0 Å². The molecular formula is C19H31N3O. The van der Waals surface area contributed by atoms with Crippen LogP contribution in [0.2, 0.25) is 0 Å². The monoisotopic (exact) mass is 317 g/mol. The molecule has 2 atom stereocenters. The van der Waals surface area contributed by atoms with Gasteiger partial charge < -0.3 is 15.4 Å². The third-order valence-electron chi connectivity index (χ3n) is 4.10. The summed E-state index contributed by atoms with van der Waals surface area (Å²) in [5.41, 5.74) is 2.56. The quantitative estimate of drug-likeness (QED) is 0.646. The maximum absolute atomic E-state index is 6.08. The average Bonchev–Trinajstić information content (AvgIpc) is 2.53. The topological polar surface area (TPSA) is 45.7 Å². The lowest BCUT2D eigenvalue weighted by Gasteiger charge is -2.31. The molecule has 23 heavy (non-hydrogen) atoms. The van der Waals surface area contributed by atoms with Crippen LogP contribution >= 0.6 is 0 Å². The predicted octanol–water partition coefficient (Wildman–Crippen LogP) is 3.43. The van der Waals surface area contributed by atoms with Gasteiger partial charge in [0, 0.05) is 31.7 Å². The highest BCUT2D eigenvalue weighted by molar-refractivity contribution is 5.79. The van der Waals surface area contributed by atoms with E-state index in [1.54, 1.807) is 0 Å². The van der Waals surface area contributed by atoms with Gasteiger partial charge in [0.05, 0.1) is 6.10 Å². The van der Waals surface area contributed by atoms with E-state index in [0.717, 1.165) is 32.1 Å². The van der Waals surface area contributed by atoms with Gasteiger partial charge in [-0.05, 0) is 46.1 Å². The molecule has 1 aromatic rings. The highest BCUT2D eigenvalue weighted by atomic mass is 16.5. The molecule has 2 unspecified atom stereocenters. The first-order chi connectivity index (χ1) is 11.1. The molecule has 1 saturated heterocycles. The van der Waals surface area contributed by atoms with E-state index in [2.05, 4.69) is 62.6 Å².